The van der Waals surface area contributed by atoms with Crippen LogP contribution in [0.15, 0.2) is 47.4 Å². The molecule has 0 spiro atoms. The smallest absolute Gasteiger partial charge is 0.269 e. The molecule has 2 aromatic carbocycles. The Bertz CT molecular complexity index is 1360. The molecule has 0 saturated carbocycles. The van der Waals surface area contributed by atoms with E-state index in [1.807, 2.05) is 25.1 Å². The van der Waals surface area contributed by atoms with E-state index >= 15 is 0 Å². The van der Waals surface area contributed by atoms with Crippen molar-refractivity contribution >= 4 is 59.1 Å². The highest BCUT2D eigenvalue weighted by Crippen LogP contribution is 2.30. The van der Waals surface area contributed by atoms with Crippen LogP contribution in [-0.2, 0) is 10.0 Å². The number of amides is 1. The number of rotatable bonds is 5. The molecule has 4 aromatic rings. The van der Waals surface area contributed by atoms with Crippen molar-refractivity contribution in [2.75, 3.05) is 10.0 Å². The van der Waals surface area contributed by atoms with Gasteiger partial charge >= 0.3 is 0 Å². The van der Waals surface area contributed by atoms with Gasteiger partial charge in [-0.3, -0.25) is 14.8 Å². The minimum absolute atomic E-state index is 0.0436. The van der Waals surface area contributed by atoms with Crippen LogP contribution in [0, 0.1) is 19.7 Å². The lowest BCUT2D eigenvalue weighted by Gasteiger charge is -2.04. The second kappa shape index (κ2) is 7.74. The maximum absolute atomic E-state index is 13.0. The number of thiazole rings is 2. The highest BCUT2D eigenvalue weighted by Gasteiger charge is 2.21. The van der Waals surface area contributed by atoms with Crippen LogP contribution in [0.1, 0.15) is 20.9 Å². The summed E-state index contributed by atoms with van der Waals surface area (Å²) in [5.74, 6) is -0.961. The summed E-state index contributed by atoms with van der Waals surface area (Å²) in [4.78, 5) is 21.4. The number of aryl methyl sites for hydroxylation is 2. The number of hydrogen-bond donors (Lipinski definition) is 2. The van der Waals surface area contributed by atoms with E-state index in [0.29, 0.717) is 10.8 Å². The number of para-hydroxylation sites is 1. The van der Waals surface area contributed by atoms with Crippen LogP contribution in [0.25, 0.3) is 10.2 Å². The number of carbonyl (C=O) groups excluding carboxylic acids is 1. The van der Waals surface area contributed by atoms with Crippen LogP contribution in [-0.4, -0.2) is 24.3 Å². The summed E-state index contributed by atoms with van der Waals surface area (Å²) in [7, 11) is -3.95. The number of hydrogen-bond acceptors (Lipinski definition) is 7. The Hall–Kier alpha value is -2.89. The highest BCUT2D eigenvalue weighted by atomic mass is 32.2. The van der Waals surface area contributed by atoms with Gasteiger partial charge in [0.25, 0.3) is 15.9 Å². The van der Waals surface area contributed by atoms with E-state index in [1.165, 1.54) is 11.3 Å². The number of anilines is 2. The van der Waals surface area contributed by atoms with Gasteiger partial charge in [-0.15, -0.1) is 0 Å². The molecule has 11 heteroatoms. The molecule has 2 heterocycles. The lowest BCUT2D eigenvalue weighted by atomic mass is 10.2. The fourth-order valence-corrected chi connectivity index (χ4v) is 5.77. The van der Waals surface area contributed by atoms with Crippen molar-refractivity contribution < 1.29 is 17.6 Å². The van der Waals surface area contributed by atoms with Crippen molar-refractivity contribution in [1.82, 2.24) is 9.97 Å². The van der Waals surface area contributed by atoms with Crippen molar-refractivity contribution in [2.24, 2.45) is 0 Å². The summed E-state index contributed by atoms with van der Waals surface area (Å²) in [5, 5.41) is 3.24. The Morgan fingerprint density at radius 2 is 1.73 bits per heavy atom. The third kappa shape index (κ3) is 4.04. The van der Waals surface area contributed by atoms with E-state index in [2.05, 4.69) is 20.0 Å². The zero-order chi connectivity index (χ0) is 21.5. The van der Waals surface area contributed by atoms with E-state index < -0.39 is 21.7 Å². The van der Waals surface area contributed by atoms with Gasteiger partial charge in [0.1, 0.15) is 10.7 Å². The van der Waals surface area contributed by atoms with E-state index in [9.17, 15) is 17.6 Å². The Kier molecular flexibility index (Phi) is 5.26. The molecule has 0 aliphatic heterocycles. The van der Waals surface area contributed by atoms with Crippen molar-refractivity contribution in [2.45, 2.75) is 18.7 Å². The number of nitrogens with zero attached hydrogens (tertiary/aromatic N) is 2. The topological polar surface area (TPSA) is 101 Å². The van der Waals surface area contributed by atoms with Gasteiger partial charge in [-0.05, 0) is 49.7 Å². The summed E-state index contributed by atoms with van der Waals surface area (Å²) in [5.41, 5.74) is 2.22. The molecule has 0 atom stereocenters. The number of halogens is 1. The first-order valence-electron chi connectivity index (χ1n) is 8.66. The predicted molar refractivity (Wildman–Crippen MR) is 116 cm³/mol. The standard InChI is InChI=1S/C19H15FN4O3S3/c1-10-4-3-5-14-15(10)22-18(28-14)23-17(25)16-11(2)21-19(29-16)24-30(26,27)13-8-6-12(20)7-9-13/h3-9H,1-2H3,(H,21,24)(H,22,23,25). The van der Waals surface area contributed by atoms with Crippen molar-refractivity contribution in [3.05, 3.63) is 64.4 Å². The first-order valence-corrected chi connectivity index (χ1v) is 11.8. The molecule has 0 radical (unpaired) electrons. The second-order valence-electron chi connectivity index (χ2n) is 6.39. The summed E-state index contributed by atoms with van der Waals surface area (Å²) in [6, 6.07) is 10.2. The molecule has 30 heavy (non-hydrogen) atoms. The average molecular weight is 463 g/mol. The lowest BCUT2D eigenvalue weighted by Crippen LogP contribution is -2.12. The van der Waals surface area contributed by atoms with Crippen LogP contribution >= 0.6 is 22.7 Å². The fraction of sp³-hybridized carbons (Fsp3) is 0.105. The van der Waals surface area contributed by atoms with E-state index in [4.69, 9.17) is 0 Å². The maximum atomic E-state index is 13.0. The van der Waals surface area contributed by atoms with Crippen molar-refractivity contribution in [3.8, 4) is 0 Å². The van der Waals surface area contributed by atoms with Gasteiger partial charge in [0.2, 0.25) is 0 Å². The minimum Gasteiger partial charge on any atom is -0.297 e. The highest BCUT2D eigenvalue weighted by molar-refractivity contribution is 7.93. The Balaban J connectivity index is 1.54. The number of fused-ring (bicyclic) bond motifs is 1. The molecule has 4 rings (SSSR count). The quantitative estimate of drug-likeness (QED) is 0.453. The number of benzene rings is 2. The normalized spacial score (nSPS) is 11.6. The Labute approximate surface area is 179 Å². The molecular weight excluding hydrogens is 447 g/mol. The second-order valence-corrected chi connectivity index (χ2v) is 10.1. The molecule has 0 fully saturated rings. The van der Waals surface area contributed by atoms with Gasteiger partial charge in [0.05, 0.1) is 20.8 Å². The van der Waals surface area contributed by atoms with Crippen molar-refractivity contribution in [1.29, 1.82) is 0 Å². The van der Waals surface area contributed by atoms with E-state index in [-0.39, 0.29) is 14.9 Å². The molecular formula is C19H15FN4O3S3. The monoisotopic (exact) mass is 462 g/mol. The molecule has 0 bridgehead atoms. The molecule has 0 unspecified atom stereocenters. The van der Waals surface area contributed by atoms with Crippen molar-refractivity contribution in [3.63, 3.8) is 0 Å². The molecule has 0 aliphatic rings. The third-order valence-electron chi connectivity index (χ3n) is 4.19. The largest absolute Gasteiger partial charge is 0.297 e. The summed E-state index contributed by atoms with van der Waals surface area (Å²) in [6.07, 6.45) is 0. The van der Waals surface area contributed by atoms with Crippen LogP contribution in [0.5, 0.6) is 0 Å². The molecule has 7 nitrogen and oxygen atoms in total. The summed E-state index contributed by atoms with van der Waals surface area (Å²) < 4.78 is 41.2. The molecule has 0 saturated heterocycles. The number of sulfonamides is 1. The van der Waals surface area contributed by atoms with Gasteiger partial charge in [0, 0.05) is 0 Å². The van der Waals surface area contributed by atoms with E-state index in [1.54, 1.807) is 6.92 Å². The third-order valence-corrected chi connectivity index (χ3v) is 7.68. The van der Waals surface area contributed by atoms with Gasteiger partial charge in [-0.1, -0.05) is 34.8 Å². The average Bonchev–Trinajstić information content (AvgIpc) is 3.25. The molecule has 0 aliphatic carbocycles. The van der Waals surface area contributed by atoms with Crippen LogP contribution in [0.3, 0.4) is 0 Å². The van der Waals surface area contributed by atoms with Crippen LogP contribution < -0.4 is 10.0 Å². The first kappa shape index (κ1) is 20.4. The number of carbonyl (C=O) groups is 1. The number of aromatic nitrogens is 2. The van der Waals surface area contributed by atoms with Crippen LogP contribution in [0.2, 0.25) is 0 Å². The Morgan fingerprint density at radius 1 is 1.00 bits per heavy atom. The Morgan fingerprint density at radius 3 is 2.43 bits per heavy atom. The minimum atomic E-state index is -3.95. The fourth-order valence-electron chi connectivity index (χ4n) is 2.73. The molecule has 1 amide bonds. The van der Waals surface area contributed by atoms with Crippen LogP contribution in [0.4, 0.5) is 14.7 Å². The van der Waals surface area contributed by atoms with Gasteiger partial charge in [-0.2, -0.15) is 0 Å². The van der Waals surface area contributed by atoms with Gasteiger partial charge < -0.3 is 0 Å². The number of nitrogens with one attached hydrogen (secondary N) is 2. The van der Waals surface area contributed by atoms with E-state index in [0.717, 1.165) is 51.4 Å². The maximum Gasteiger partial charge on any atom is 0.269 e. The SMILES string of the molecule is Cc1nc(NS(=O)(=O)c2ccc(F)cc2)sc1C(=O)Nc1nc2c(C)cccc2s1. The molecule has 2 N–H and O–H groups in total. The zero-order valence-electron chi connectivity index (χ0n) is 15.8. The summed E-state index contributed by atoms with van der Waals surface area (Å²) in [6.45, 7) is 3.56. The molecule has 154 valence electrons. The summed E-state index contributed by atoms with van der Waals surface area (Å²) >= 11 is 2.27. The van der Waals surface area contributed by atoms with Gasteiger partial charge in [-0.25, -0.2) is 22.8 Å². The first-order chi connectivity index (χ1) is 14.2. The predicted octanol–water partition coefficient (Wildman–Crippen LogP) is 4.56. The van der Waals surface area contributed by atoms with Gasteiger partial charge in [0.15, 0.2) is 10.3 Å². The zero-order valence-corrected chi connectivity index (χ0v) is 18.2. The molecule has 2 aromatic heterocycles. The lowest BCUT2D eigenvalue weighted by molar-refractivity contribution is 0.103.